The monoisotopic (exact) mass is 393 g/mol. The molecule has 0 spiro atoms. The molecule has 0 radical (unpaired) electrons. The van der Waals surface area contributed by atoms with Crippen LogP contribution in [0, 0.1) is 0 Å². The Morgan fingerprint density at radius 3 is 2.07 bits per heavy atom. The third-order valence-electron chi connectivity index (χ3n) is 3.40. The van der Waals surface area contributed by atoms with E-state index in [2.05, 4.69) is 0 Å². The smallest absolute Gasteiger partial charge is 0.394 e. The Hall–Kier alpha value is -3.40. The number of amides is 1. The molecule has 0 aromatic heterocycles. The summed E-state index contributed by atoms with van der Waals surface area (Å²) in [5.41, 5.74) is 0.428. The lowest BCUT2D eigenvalue weighted by Gasteiger charge is -2.13. The Bertz CT molecular complexity index is 939. The zero-order valence-electron chi connectivity index (χ0n) is 13.7. The molecule has 0 aliphatic carbocycles. The van der Waals surface area contributed by atoms with Crippen molar-refractivity contribution in [3.05, 3.63) is 60.2 Å². The molecule has 0 aliphatic heterocycles. The number of carbonyl (C=O) groups excluding carboxylic acids is 1. The lowest BCUT2D eigenvalue weighted by molar-refractivity contribution is -0.152. The van der Waals surface area contributed by atoms with Crippen LogP contribution in [0.15, 0.2) is 59.5 Å². The molecule has 0 bridgehead atoms. The fourth-order valence-corrected chi connectivity index (χ4v) is 3.05. The number of rotatable bonds is 7. The van der Waals surface area contributed by atoms with Gasteiger partial charge in [0.25, 0.3) is 0 Å². The van der Waals surface area contributed by atoms with E-state index in [-0.39, 0.29) is 17.1 Å². The van der Waals surface area contributed by atoms with Crippen molar-refractivity contribution in [1.29, 1.82) is 0 Å². The highest BCUT2D eigenvalue weighted by atomic mass is 32.2. The highest BCUT2D eigenvalue weighted by molar-refractivity contribution is 7.87. The molecule has 27 heavy (non-hydrogen) atoms. The van der Waals surface area contributed by atoms with E-state index in [1.165, 1.54) is 36.4 Å². The minimum absolute atomic E-state index is 0.0172. The predicted molar refractivity (Wildman–Crippen MR) is 91.6 cm³/mol. The molecule has 142 valence electrons. The standard InChI is InChI=1S/C17H15NO8S/c19-15(17(22)23)18-14(16(20)21)10-11-6-8-12(9-7-11)26-27(24,25)13-4-2-1-3-5-13/h1-9,14H,10H2,(H,18,19)(H,20,21)(H,22,23)/t14-/m1/s1. The second-order valence-corrected chi connectivity index (χ2v) is 6.91. The second kappa shape index (κ2) is 8.32. The highest BCUT2D eigenvalue weighted by Crippen LogP contribution is 2.19. The SMILES string of the molecule is O=C(O)C(=O)N[C@H](Cc1ccc(OS(=O)(=O)c2ccccc2)cc1)C(=O)O. The molecule has 1 atom stereocenters. The summed E-state index contributed by atoms with van der Waals surface area (Å²) in [6.07, 6.45) is -0.194. The lowest BCUT2D eigenvalue weighted by Crippen LogP contribution is -2.45. The van der Waals surface area contributed by atoms with Gasteiger partial charge in [-0.1, -0.05) is 30.3 Å². The summed E-state index contributed by atoms with van der Waals surface area (Å²) in [5, 5.41) is 19.5. The molecule has 0 saturated carbocycles. The third-order valence-corrected chi connectivity index (χ3v) is 4.66. The quantitative estimate of drug-likeness (QED) is 0.459. The Morgan fingerprint density at radius 2 is 1.56 bits per heavy atom. The number of carboxylic acids is 2. The number of nitrogens with one attached hydrogen (secondary N) is 1. The van der Waals surface area contributed by atoms with Gasteiger partial charge in [0.05, 0.1) is 0 Å². The average molecular weight is 393 g/mol. The lowest BCUT2D eigenvalue weighted by atomic mass is 10.1. The molecule has 10 heteroatoms. The van der Waals surface area contributed by atoms with Gasteiger partial charge < -0.3 is 19.7 Å². The first-order valence-corrected chi connectivity index (χ1v) is 8.95. The number of hydrogen-bond donors (Lipinski definition) is 3. The maximum Gasteiger partial charge on any atom is 0.394 e. The van der Waals surface area contributed by atoms with Crippen molar-refractivity contribution in [1.82, 2.24) is 5.32 Å². The zero-order chi connectivity index (χ0) is 20.0. The van der Waals surface area contributed by atoms with E-state index in [9.17, 15) is 22.8 Å². The minimum atomic E-state index is -4.00. The van der Waals surface area contributed by atoms with Crippen molar-refractivity contribution >= 4 is 28.0 Å². The molecular weight excluding hydrogens is 378 g/mol. The predicted octanol–water partition coefficient (Wildman–Crippen LogP) is 0.651. The first kappa shape index (κ1) is 19.9. The van der Waals surface area contributed by atoms with Crippen LogP contribution in [0.2, 0.25) is 0 Å². The normalized spacial score (nSPS) is 12.0. The van der Waals surface area contributed by atoms with Crippen molar-refractivity contribution in [3.63, 3.8) is 0 Å². The molecular formula is C17H15NO8S. The van der Waals surface area contributed by atoms with Crippen molar-refractivity contribution < 1.29 is 37.2 Å². The maximum absolute atomic E-state index is 12.1. The minimum Gasteiger partial charge on any atom is -0.480 e. The molecule has 0 heterocycles. The maximum atomic E-state index is 12.1. The van der Waals surface area contributed by atoms with Crippen LogP contribution < -0.4 is 9.50 Å². The Balaban J connectivity index is 2.09. The number of benzene rings is 2. The van der Waals surface area contributed by atoms with Crippen LogP contribution in [0.25, 0.3) is 0 Å². The third kappa shape index (κ3) is 5.54. The van der Waals surface area contributed by atoms with Crippen LogP contribution >= 0.6 is 0 Å². The molecule has 0 aliphatic rings. The van der Waals surface area contributed by atoms with Gasteiger partial charge in [-0.2, -0.15) is 8.42 Å². The first-order valence-electron chi connectivity index (χ1n) is 7.54. The van der Waals surface area contributed by atoms with E-state index in [0.29, 0.717) is 5.56 Å². The van der Waals surface area contributed by atoms with Gasteiger partial charge in [0.1, 0.15) is 16.7 Å². The molecule has 2 rings (SSSR count). The van der Waals surface area contributed by atoms with Crippen LogP contribution in [0.1, 0.15) is 5.56 Å². The first-order chi connectivity index (χ1) is 12.7. The van der Waals surface area contributed by atoms with Gasteiger partial charge in [-0.15, -0.1) is 0 Å². The van der Waals surface area contributed by atoms with E-state index < -0.39 is 34.0 Å². The zero-order valence-corrected chi connectivity index (χ0v) is 14.5. The molecule has 9 nitrogen and oxygen atoms in total. The van der Waals surface area contributed by atoms with E-state index >= 15 is 0 Å². The Kier molecular flexibility index (Phi) is 6.14. The molecule has 0 saturated heterocycles. The highest BCUT2D eigenvalue weighted by Gasteiger charge is 2.24. The van der Waals surface area contributed by atoms with E-state index in [0.717, 1.165) is 0 Å². The van der Waals surface area contributed by atoms with Crippen molar-refractivity contribution in [2.24, 2.45) is 0 Å². The Morgan fingerprint density at radius 1 is 0.963 bits per heavy atom. The van der Waals surface area contributed by atoms with Gasteiger partial charge in [0.2, 0.25) is 0 Å². The van der Waals surface area contributed by atoms with Crippen molar-refractivity contribution in [2.45, 2.75) is 17.4 Å². The summed E-state index contributed by atoms with van der Waals surface area (Å²) in [4.78, 5) is 32.8. The number of aliphatic carboxylic acids is 2. The van der Waals surface area contributed by atoms with E-state index in [4.69, 9.17) is 14.4 Å². The van der Waals surface area contributed by atoms with Crippen LogP contribution in [0.4, 0.5) is 0 Å². The second-order valence-electron chi connectivity index (χ2n) is 5.37. The molecule has 2 aromatic carbocycles. The van der Waals surface area contributed by atoms with Gasteiger partial charge in [0, 0.05) is 6.42 Å². The van der Waals surface area contributed by atoms with Gasteiger partial charge >= 0.3 is 28.0 Å². The molecule has 1 amide bonds. The van der Waals surface area contributed by atoms with Crippen molar-refractivity contribution in [3.8, 4) is 5.75 Å². The van der Waals surface area contributed by atoms with Gasteiger partial charge in [-0.3, -0.25) is 4.79 Å². The summed E-state index contributed by atoms with van der Waals surface area (Å²) >= 11 is 0. The molecule has 2 aromatic rings. The van der Waals surface area contributed by atoms with Crippen LogP contribution in [-0.4, -0.2) is 42.5 Å². The summed E-state index contributed by atoms with van der Waals surface area (Å²) in [6, 6.07) is 11.6. The van der Waals surface area contributed by atoms with Gasteiger partial charge in [0.15, 0.2) is 0 Å². The molecule has 0 fully saturated rings. The fourth-order valence-electron chi connectivity index (χ4n) is 2.10. The summed E-state index contributed by atoms with van der Waals surface area (Å²) in [6.45, 7) is 0. The van der Waals surface area contributed by atoms with E-state index in [1.54, 1.807) is 18.2 Å². The molecule has 0 unspecified atom stereocenters. The van der Waals surface area contributed by atoms with Gasteiger partial charge in [-0.05, 0) is 29.8 Å². The van der Waals surface area contributed by atoms with Crippen LogP contribution in [0.5, 0.6) is 5.75 Å². The molecule has 3 N–H and O–H groups in total. The fraction of sp³-hybridized carbons (Fsp3) is 0.118. The summed E-state index contributed by atoms with van der Waals surface area (Å²) in [5.74, 6) is -4.62. The number of carbonyl (C=O) groups is 3. The van der Waals surface area contributed by atoms with E-state index in [1.807, 2.05) is 5.32 Å². The number of carboxylic acid groups (broad SMARTS) is 2. The van der Waals surface area contributed by atoms with Gasteiger partial charge in [-0.25, -0.2) is 9.59 Å². The van der Waals surface area contributed by atoms with Crippen LogP contribution in [-0.2, 0) is 30.9 Å². The number of hydrogen-bond acceptors (Lipinski definition) is 6. The Labute approximate surface area is 154 Å². The summed E-state index contributed by atoms with van der Waals surface area (Å²) < 4.78 is 29.3. The van der Waals surface area contributed by atoms with Crippen molar-refractivity contribution in [2.75, 3.05) is 0 Å². The van der Waals surface area contributed by atoms with Crippen LogP contribution in [0.3, 0.4) is 0 Å². The average Bonchev–Trinajstić information content (AvgIpc) is 2.63. The largest absolute Gasteiger partial charge is 0.480 e. The topological polar surface area (TPSA) is 147 Å². The summed E-state index contributed by atoms with van der Waals surface area (Å²) in [7, 11) is -4.00.